The van der Waals surface area contributed by atoms with E-state index in [0.717, 1.165) is 6.42 Å². The summed E-state index contributed by atoms with van der Waals surface area (Å²) in [7, 11) is 3.92. The molecule has 37 heavy (non-hydrogen) atoms. The van der Waals surface area contributed by atoms with Crippen LogP contribution in [0.15, 0.2) is 0 Å². The van der Waals surface area contributed by atoms with E-state index in [0.29, 0.717) is 19.6 Å². The second-order valence-corrected chi connectivity index (χ2v) is 12.1. The maximum atomic E-state index is 12.8. The van der Waals surface area contributed by atoms with Crippen molar-refractivity contribution >= 4 is 69.1 Å². The SMILES string of the molecule is CN(C)C1CN(c2nc3c(Cl)c(Cl)c(Cl)nc3c(NC3C4CC3N(C(=O)OC(C)(C)C)C4)c2[N+](=O)[O-])C1. The van der Waals surface area contributed by atoms with Gasteiger partial charge in [0.25, 0.3) is 0 Å². The van der Waals surface area contributed by atoms with Crippen LogP contribution in [0.25, 0.3) is 11.0 Å². The fourth-order valence-electron chi connectivity index (χ4n) is 5.17. The van der Waals surface area contributed by atoms with E-state index in [-0.39, 0.29) is 67.5 Å². The standard InChI is InChI=1S/C23H28Cl3N7O4/c1-23(2,3)37-22(34)32-7-10-6-12(32)15(10)27-18-17-16(13(24)14(25)20(26)28-17)29-21(19(18)33(35)36)31-8-11(9-31)30(4)5/h10-12,15H,6-9H2,1-5H3,(H,27,29). The van der Waals surface area contributed by atoms with Gasteiger partial charge in [0.05, 0.1) is 27.1 Å². The zero-order chi connectivity index (χ0) is 27.0. The van der Waals surface area contributed by atoms with E-state index in [9.17, 15) is 14.9 Å². The van der Waals surface area contributed by atoms with E-state index in [1.54, 1.807) is 4.90 Å². The number of hydrogen-bond donors (Lipinski definition) is 1. The van der Waals surface area contributed by atoms with Gasteiger partial charge in [-0.1, -0.05) is 34.8 Å². The number of hydrogen-bond acceptors (Lipinski definition) is 9. The summed E-state index contributed by atoms with van der Waals surface area (Å²) in [5.74, 6) is 0.292. The van der Waals surface area contributed by atoms with Gasteiger partial charge in [0.2, 0.25) is 5.82 Å². The Morgan fingerprint density at radius 2 is 1.81 bits per heavy atom. The van der Waals surface area contributed by atoms with Gasteiger partial charge >= 0.3 is 11.8 Å². The van der Waals surface area contributed by atoms with Crippen molar-refractivity contribution in [2.24, 2.45) is 5.92 Å². The minimum Gasteiger partial charge on any atom is -0.444 e. The normalized spacial score (nSPS) is 23.3. The first-order chi connectivity index (χ1) is 17.3. The second kappa shape index (κ2) is 9.14. The van der Waals surface area contributed by atoms with Gasteiger partial charge in [-0.25, -0.2) is 14.8 Å². The molecule has 1 saturated carbocycles. The van der Waals surface area contributed by atoms with Crippen molar-refractivity contribution in [1.29, 1.82) is 0 Å². The molecule has 1 amide bonds. The van der Waals surface area contributed by atoms with Gasteiger partial charge in [-0.15, -0.1) is 0 Å². The molecule has 0 aromatic carbocycles. The van der Waals surface area contributed by atoms with E-state index < -0.39 is 16.6 Å². The summed E-state index contributed by atoms with van der Waals surface area (Å²) in [5, 5.41) is 15.8. The first-order valence-corrected chi connectivity index (χ1v) is 13.1. The Morgan fingerprint density at radius 3 is 2.41 bits per heavy atom. The Bertz CT molecular complexity index is 1300. The lowest BCUT2D eigenvalue weighted by Crippen LogP contribution is -2.58. The van der Waals surface area contributed by atoms with Crippen molar-refractivity contribution in [1.82, 2.24) is 19.8 Å². The van der Waals surface area contributed by atoms with Crippen LogP contribution in [-0.4, -0.2) is 88.2 Å². The molecule has 3 saturated heterocycles. The minimum atomic E-state index is -0.625. The number of rotatable bonds is 5. The van der Waals surface area contributed by atoms with Crippen LogP contribution in [-0.2, 0) is 4.74 Å². The van der Waals surface area contributed by atoms with Crippen molar-refractivity contribution in [2.45, 2.75) is 50.9 Å². The number of nitrogens with one attached hydrogen (secondary N) is 1. The van der Waals surface area contributed by atoms with Gasteiger partial charge in [-0.2, -0.15) is 0 Å². The van der Waals surface area contributed by atoms with Crippen LogP contribution in [0.4, 0.5) is 22.0 Å². The Hall–Kier alpha value is -2.34. The molecule has 6 rings (SSSR count). The van der Waals surface area contributed by atoms with E-state index in [1.165, 1.54) is 0 Å². The monoisotopic (exact) mass is 571 g/mol. The van der Waals surface area contributed by atoms with E-state index >= 15 is 0 Å². The topological polar surface area (TPSA) is 117 Å². The largest absolute Gasteiger partial charge is 0.444 e. The predicted octanol–water partition coefficient (Wildman–Crippen LogP) is 4.67. The average molecular weight is 573 g/mol. The zero-order valence-corrected chi connectivity index (χ0v) is 23.4. The van der Waals surface area contributed by atoms with Crippen LogP contribution in [0.2, 0.25) is 15.2 Å². The van der Waals surface area contributed by atoms with Gasteiger partial charge in [-0.05, 0) is 41.3 Å². The number of amides is 1. The van der Waals surface area contributed by atoms with Crippen molar-refractivity contribution in [3.05, 3.63) is 25.3 Å². The number of pyridine rings is 2. The number of carbonyl (C=O) groups excluding carboxylic acids is 1. The molecule has 3 aliphatic heterocycles. The molecular formula is C23H28Cl3N7O4. The summed E-state index contributed by atoms with van der Waals surface area (Å²) in [6, 6.07) is -0.169. The maximum absolute atomic E-state index is 12.8. The summed E-state index contributed by atoms with van der Waals surface area (Å²) in [6.07, 6.45) is 0.378. The van der Waals surface area contributed by atoms with Gasteiger partial charge in [0.1, 0.15) is 27.5 Å². The van der Waals surface area contributed by atoms with E-state index in [1.807, 2.05) is 39.8 Å². The minimum absolute atomic E-state index is 0.0312. The molecule has 11 nitrogen and oxygen atoms in total. The number of nitro groups is 1. The van der Waals surface area contributed by atoms with Crippen LogP contribution in [0.5, 0.6) is 0 Å². The maximum Gasteiger partial charge on any atom is 0.410 e. The van der Waals surface area contributed by atoms with E-state index in [2.05, 4.69) is 20.2 Å². The highest BCUT2D eigenvalue weighted by molar-refractivity contribution is 6.49. The summed E-state index contributed by atoms with van der Waals surface area (Å²) in [6.45, 7) is 7.08. The van der Waals surface area contributed by atoms with Gasteiger partial charge in [-0.3, -0.25) is 10.1 Å². The van der Waals surface area contributed by atoms with Gasteiger partial charge < -0.3 is 24.8 Å². The molecule has 1 N–H and O–H groups in total. The molecule has 14 heteroatoms. The Kier molecular flexibility index (Phi) is 6.49. The van der Waals surface area contributed by atoms with Crippen molar-refractivity contribution in [3.63, 3.8) is 0 Å². The fraction of sp³-hybridized carbons (Fsp3) is 0.609. The third kappa shape index (κ3) is 4.49. The molecule has 2 aromatic rings. The summed E-state index contributed by atoms with van der Waals surface area (Å²) >= 11 is 19.0. The van der Waals surface area contributed by atoms with Gasteiger partial charge in [0, 0.05) is 31.6 Å². The molecule has 2 bridgehead atoms. The quantitative estimate of drug-likeness (QED) is 0.310. The van der Waals surface area contributed by atoms with Crippen molar-refractivity contribution in [3.8, 4) is 0 Å². The third-order valence-corrected chi connectivity index (χ3v) is 8.43. The molecule has 0 spiro atoms. The highest BCUT2D eigenvalue weighted by atomic mass is 35.5. The first-order valence-electron chi connectivity index (χ1n) is 12.0. The number of nitrogens with zero attached hydrogens (tertiary/aromatic N) is 6. The lowest BCUT2D eigenvalue weighted by Gasteiger charge is -2.43. The Labute approximate surface area is 229 Å². The highest BCUT2D eigenvalue weighted by Gasteiger charge is 2.55. The van der Waals surface area contributed by atoms with Crippen LogP contribution in [0.1, 0.15) is 27.2 Å². The second-order valence-electron chi connectivity index (χ2n) is 11.0. The molecule has 2 aromatic heterocycles. The van der Waals surface area contributed by atoms with Crippen molar-refractivity contribution in [2.75, 3.05) is 43.9 Å². The summed E-state index contributed by atoms with van der Waals surface area (Å²) in [4.78, 5) is 39.3. The molecule has 4 fully saturated rings. The third-order valence-electron chi connectivity index (χ3n) is 7.23. The summed E-state index contributed by atoms with van der Waals surface area (Å²) < 4.78 is 5.56. The molecule has 3 unspecified atom stereocenters. The zero-order valence-electron chi connectivity index (χ0n) is 21.1. The van der Waals surface area contributed by atoms with Crippen LogP contribution in [0.3, 0.4) is 0 Å². The van der Waals surface area contributed by atoms with Crippen LogP contribution < -0.4 is 10.2 Å². The lowest BCUT2D eigenvalue weighted by atomic mass is 9.80. The number of carbonyl (C=O) groups is 1. The van der Waals surface area contributed by atoms with Gasteiger partial charge in [0.15, 0.2) is 0 Å². The molecule has 5 heterocycles. The van der Waals surface area contributed by atoms with E-state index in [4.69, 9.17) is 39.5 Å². The molecule has 3 atom stereocenters. The first kappa shape index (κ1) is 26.3. The fourth-order valence-corrected chi connectivity index (χ4v) is 5.75. The molecule has 1 aliphatic carbocycles. The lowest BCUT2D eigenvalue weighted by molar-refractivity contribution is -0.383. The highest BCUT2D eigenvalue weighted by Crippen LogP contribution is 2.49. The number of aromatic nitrogens is 2. The average Bonchev–Trinajstić information content (AvgIpc) is 3.34. The molecule has 200 valence electrons. The number of fused-ring (bicyclic) bond motifs is 2. The number of ether oxygens (including phenoxy) is 1. The van der Waals surface area contributed by atoms with Crippen LogP contribution >= 0.6 is 34.8 Å². The molecule has 4 aliphatic rings. The Balaban J connectivity index is 1.56. The summed E-state index contributed by atoms with van der Waals surface area (Å²) in [5.41, 5.74) is -0.274. The number of halogens is 3. The Morgan fingerprint density at radius 1 is 1.14 bits per heavy atom. The van der Waals surface area contributed by atoms with Crippen LogP contribution in [0, 0.1) is 16.0 Å². The number of likely N-dealkylation sites (N-methyl/N-ethyl adjacent to an activating group) is 1. The van der Waals surface area contributed by atoms with Crippen molar-refractivity contribution < 1.29 is 14.5 Å². The molecule has 0 radical (unpaired) electrons. The predicted molar refractivity (Wildman–Crippen MR) is 143 cm³/mol. The number of anilines is 2. The smallest absolute Gasteiger partial charge is 0.410 e. The molecular weight excluding hydrogens is 545 g/mol.